The molecule has 1 fully saturated rings. The summed E-state index contributed by atoms with van der Waals surface area (Å²) in [6, 6.07) is 12.1. The summed E-state index contributed by atoms with van der Waals surface area (Å²) in [7, 11) is 0. The Kier molecular flexibility index (Phi) is 3.50. The van der Waals surface area contributed by atoms with Gasteiger partial charge in [0.15, 0.2) is 0 Å². The lowest BCUT2D eigenvalue weighted by molar-refractivity contribution is 0.340. The molecule has 1 aromatic carbocycles. The smallest absolute Gasteiger partial charge is 0.147 e. The number of nitriles is 1. The highest BCUT2D eigenvalue weighted by Crippen LogP contribution is 2.29. The van der Waals surface area contributed by atoms with Gasteiger partial charge >= 0.3 is 0 Å². The molecule has 3 heterocycles. The van der Waals surface area contributed by atoms with E-state index in [1.54, 1.807) is 6.20 Å². The molecule has 1 aliphatic heterocycles. The molecule has 4 rings (SSSR count). The standard InChI is InChI=1S/C17H14BrN5/c18-15-7-20-23(11-15)10-12-8-22(9-12)17-14(6-19)5-13-3-1-2-4-16(13)21-17/h1-5,7,11-12H,8-10H2. The third-order valence-electron chi connectivity index (χ3n) is 4.13. The van der Waals surface area contributed by atoms with Gasteiger partial charge in [-0.25, -0.2) is 4.98 Å². The predicted octanol–water partition coefficient (Wildman–Crippen LogP) is 3.20. The van der Waals surface area contributed by atoms with Crippen LogP contribution in [0.5, 0.6) is 0 Å². The Bertz CT molecular complexity index is 905. The van der Waals surface area contributed by atoms with Gasteiger partial charge in [-0.3, -0.25) is 4.68 Å². The zero-order valence-corrected chi connectivity index (χ0v) is 13.9. The van der Waals surface area contributed by atoms with Crippen LogP contribution in [0.2, 0.25) is 0 Å². The van der Waals surface area contributed by atoms with Gasteiger partial charge in [0.1, 0.15) is 11.9 Å². The van der Waals surface area contributed by atoms with E-state index in [1.165, 1.54) is 0 Å². The maximum absolute atomic E-state index is 9.41. The molecule has 1 aliphatic rings. The number of para-hydroxylation sites is 1. The van der Waals surface area contributed by atoms with Crippen molar-refractivity contribution in [3.05, 3.63) is 52.8 Å². The third kappa shape index (κ3) is 2.68. The van der Waals surface area contributed by atoms with Crippen molar-refractivity contribution >= 4 is 32.7 Å². The van der Waals surface area contributed by atoms with Gasteiger partial charge in [0.2, 0.25) is 0 Å². The Labute approximate surface area is 142 Å². The first-order chi connectivity index (χ1) is 11.2. The molecule has 0 bridgehead atoms. The van der Waals surface area contributed by atoms with Gasteiger partial charge in [-0.1, -0.05) is 18.2 Å². The fourth-order valence-corrected chi connectivity index (χ4v) is 3.32. The average molecular weight is 368 g/mol. The van der Waals surface area contributed by atoms with Crippen molar-refractivity contribution in [1.29, 1.82) is 5.26 Å². The Hall–Kier alpha value is -2.39. The summed E-state index contributed by atoms with van der Waals surface area (Å²) in [5, 5.41) is 14.7. The van der Waals surface area contributed by atoms with Crippen LogP contribution in [-0.4, -0.2) is 27.9 Å². The highest BCUT2D eigenvalue weighted by atomic mass is 79.9. The molecular weight excluding hydrogens is 354 g/mol. The lowest BCUT2D eigenvalue weighted by Gasteiger charge is -2.40. The minimum absolute atomic E-state index is 0.529. The van der Waals surface area contributed by atoms with Gasteiger partial charge in [0, 0.05) is 37.1 Å². The summed E-state index contributed by atoms with van der Waals surface area (Å²) in [4.78, 5) is 6.86. The number of benzene rings is 1. The molecule has 5 nitrogen and oxygen atoms in total. The molecule has 0 saturated carbocycles. The van der Waals surface area contributed by atoms with Gasteiger partial charge in [0.05, 0.1) is 21.7 Å². The highest BCUT2D eigenvalue weighted by Gasteiger charge is 2.30. The van der Waals surface area contributed by atoms with E-state index in [9.17, 15) is 5.26 Å². The Morgan fingerprint density at radius 3 is 2.87 bits per heavy atom. The number of hydrogen-bond acceptors (Lipinski definition) is 4. The molecule has 0 aliphatic carbocycles. The van der Waals surface area contributed by atoms with E-state index in [4.69, 9.17) is 0 Å². The number of halogens is 1. The lowest BCUT2D eigenvalue weighted by atomic mass is 9.99. The van der Waals surface area contributed by atoms with Gasteiger partial charge in [-0.05, 0) is 28.1 Å². The molecule has 3 aromatic rings. The van der Waals surface area contributed by atoms with Crippen LogP contribution >= 0.6 is 15.9 Å². The van der Waals surface area contributed by atoms with E-state index in [0.29, 0.717) is 11.5 Å². The quantitative estimate of drug-likeness (QED) is 0.713. The maximum atomic E-state index is 9.41. The van der Waals surface area contributed by atoms with Gasteiger partial charge in [0.25, 0.3) is 0 Å². The second-order valence-corrected chi connectivity index (χ2v) is 6.73. The number of nitrogens with zero attached hydrogens (tertiary/aromatic N) is 5. The van der Waals surface area contributed by atoms with E-state index in [1.807, 2.05) is 41.2 Å². The first-order valence-corrected chi connectivity index (χ1v) is 8.25. The molecule has 0 amide bonds. The second-order valence-electron chi connectivity index (χ2n) is 5.82. The summed E-state index contributed by atoms with van der Waals surface area (Å²) in [5.41, 5.74) is 1.57. The first-order valence-electron chi connectivity index (χ1n) is 7.46. The molecule has 2 aromatic heterocycles. The van der Waals surface area contributed by atoms with Crippen LogP contribution < -0.4 is 4.90 Å². The first kappa shape index (κ1) is 14.2. The zero-order valence-electron chi connectivity index (χ0n) is 12.4. The summed E-state index contributed by atoms with van der Waals surface area (Å²) in [5.74, 6) is 1.32. The SMILES string of the molecule is N#Cc1cc2ccccc2nc1N1CC(Cn2cc(Br)cn2)C1. The number of rotatable bonds is 3. The fourth-order valence-electron chi connectivity index (χ4n) is 2.99. The second kappa shape index (κ2) is 5.67. The van der Waals surface area contributed by atoms with E-state index in [2.05, 4.69) is 37.0 Å². The van der Waals surface area contributed by atoms with Gasteiger partial charge < -0.3 is 4.90 Å². The highest BCUT2D eigenvalue weighted by molar-refractivity contribution is 9.10. The summed E-state index contributed by atoms with van der Waals surface area (Å²) < 4.78 is 2.95. The summed E-state index contributed by atoms with van der Waals surface area (Å²) in [6.45, 7) is 2.69. The molecule has 114 valence electrons. The van der Waals surface area contributed by atoms with Crippen LogP contribution in [0.25, 0.3) is 10.9 Å². The summed E-state index contributed by atoms with van der Waals surface area (Å²) in [6.07, 6.45) is 3.78. The van der Waals surface area contributed by atoms with Gasteiger partial charge in [-0.2, -0.15) is 10.4 Å². The maximum Gasteiger partial charge on any atom is 0.147 e. The van der Waals surface area contributed by atoms with Crippen LogP contribution in [-0.2, 0) is 6.54 Å². The van der Waals surface area contributed by atoms with Crippen molar-refractivity contribution in [1.82, 2.24) is 14.8 Å². The number of fused-ring (bicyclic) bond motifs is 1. The number of pyridine rings is 1. The molecule has 0 atom stereocenters. The minimum Gasteiger partial charge on any atom is -0.355 e. The van der Waals surface area contributed by atoms with Crippen molar-refractivity contribution < 1.29 is 0 Å². The van der Waals surface area contributed by atoms with Crippen LogP contribution in [0, 0.1) is 17.2 Å². The minimum atomic E-state index is 0.529. The average Bonchev–Trinajstić information content (AvgIpc) is 2.94. The third-order valence-corrected chi connectivity index (χ3v) is 4.54. The number of hydrogen-bond donors (Lipinski definition) is 0. The normalized spacial score (nSPS) is 14.7. The summed E-state index contributed by atoms with van der Waals surface area (Å²) >= 11 is 3.41. The van der Waals surface area contributed by atoms with E-state index < -0.39 is 0 Å². The zero-order chi connectivity index (χ0) is 15.8. The predicted molar refractivity (Wildman–Crippen MR) is 92.1 cm³/mol. The van der Waals surface area contributed by atoms with Crippen molar-refractivity contribution in [2.75, 3.05) is 18.0 Å². The Balaban J connectivity index is 1.53. The van der Waals surface area contributed by atoms with Gasteiger partial charge in [-0.15, -0.1) is 0 Å². The molecule has 23 heavy (non-hydrogen) atoms. The molecule has 0 unspecified atom stereocenters. The van der Waals surface area contributed by atoms with Crippen molar-refractivity contribution in [2.24, 2.45) is 5.92 Å². The Morgan fingerprint density at radius 1 is 1.30 bits per heavy atom. The molecule has 0 spiro atoms. The van der Waals surface area contributed by atoms with Crippen LogP contribution in [0.4, 0.5) is 5.82 Å². The molecular formula is C17H14BrN5. The van der Waals surface area contributed by atoms with Crippen molar-refractivity contribution in [2.45, 2.75) is 6.54 Å². The van der Waals surface area contributed by atoms with E-state index in [0.717, 1.165) is 40.8 Å². The van der Waals surface area contributed by atoms with E-state index in [-0.39, 0.29) is 0 Å². The molecule has 0 N–H and O–H groups in total. The Morgan fingerprint density at radius 2 is 2.13 bits per heavy atom. The van der Waals surface area contributed by atoms with Crippen LogP contribution in [0.1, 0.15) is 5.56 Å². The van der Waals surface area contributed by atoms with Crippen molar-refractivity contribution in [3.63, 3.8) is 0 Å². The van der Waals surface area contributed by atoms with E-state index >= 15 is 0 Å². The van der Waals surface area contributed by atoms with Crippen molar-refractivity contribution in [3.8, 4) is 6.07 Å². The number of aromatic nitrogens is 3. The monoisotopic (exact) mass is 367 g/mol. The number of anilines is 1. The topological polar surface area (TPSA) is 57.7 Å². The fraction of sp³-hybridized carbons (Fsp3) is 0.235. The largest absolute Gasteiger partial charge is 0.355 e. The van der Waals surface area contributed by atoms with Crippen LogP contribution in [0.15, 0.2) is 47.2 Å². The van der Waals surface area contributed by atoms with Crippen LogP contribution in [0.3, 0.4) is 0 Å². The molecule has 1 saturated heterocycles. The molecule has 6 heteroatoms. The molecule has 0 radical (unpaired) electrons. The lowest BCUT2D eigenvalue weighted by Crippen LogP contribution is -2.49.